The van der Waals surface area contributed by atoms with Gasteiger partial charge in [-0.15, -0.1) is 0 Å². The minimum absolute atomic E-state index is 0.0759. The van der Waals surface area contributed by atoms with Crippen molar-refractivity contribution >= 4 is 42.3 Å². The van der Waals surface area contributed by atoms with Gasteiger partial charge in [0.1, 0.15) is 22.2 Å². The van der Waals surface area contributed by atoms with Crippen molar-refractivity contribution in [3.8, 4) is 22.8 Å². The quantitative estimate of drug-likeness (QED) is 0.211. The van der Waals surface area contributed by atoms with Gasteiger partial charge >= 0.3 is 0 Å². The lowest BCUT2D eigenvalue weighted by Crippen LogP contribution is -2.26. The minimum Gasteiger partial charge on any atom is -0.457 e. The summed E-state index contributed by atoms with van der Waals surface area (Å²) >= 11 is 0. The maximum absolute atomic E-state index is 13.4. The Balaban J connectivity index is 1.48. The van der Waals surface area contributed by atoms with Gasteiger partial charge in [0.2, 0.25) is 20.0 Å². The molecule has 1 aliphatic rings. The highest BCUT2D eigenvalue weighted by atomic mass is 32.2. The number of anilines is 2. The molecule has 0 spiro atoms. The summed E-state index contributed by atoms with van der Waals surface area (Å²) in [5, 5.41) is 9.00. The van der Waals surface area contributed by atoms with Crippen LogP contribution in [0.2, 0.25) is 0 Å². The van der Waals surface area contributed by atoms with Gasteiger partial charge in [-0.3, -0.25) is 9.97 Å². The van der Waals surface area contributed by atoms with Crippen LogP contribution in [0.5, 0.6) is 11.5 Å². The van der Waals surface area contributed by atoms with E-state index in [2.05, 4.69) is 20.0 Å². The fraction of sp³-hybridized carbons (Fsp3) is 0.103. The van der Waals surface area contributed by atoms with Crippen LogP contribution >= 0.6 is 0 Å². The fourth-order valence-corrected chi connectivity index (χ4v) is 6.33. The van der Waals surface area contributed by atoms with Crippen molar-refractivity contribution < 1.29 is 26.0 Å². The average molecular weight is 606 g/mol. The van der Waals surface area contributed by atoms with E-state index in [4.69, 9.17) is 9.88 Å². The van der Waals surface area contributed by atoms with Gasteiger partial charge in [-0.05, 0) is 67.4 Å². The van der Waals surface area contributed by atoms with Crippen molar-refractivity contribution in [1.29, 1.82) is 0 Å². The van der Waals surface area contributed by atoms with E-state index in [1.54, 1.807) is 30.5 Å². The number of fused-ring (bicyclic) bond motifs is 1. The molecule has 0 atom stereocenters. The number of sulfonamides is 2. The molecule has 2 heterocycles. The standard InChI is InChI=1S/C29H24FN5O5S2/c30-19-5-9-22(10-6-19)40-23-14-21(15-24(16-23)41(31,36)37)34-29-25-11-4-18(26-3-1-2-12-32-26)13-27(25)33-17-28(29)42(38,39)35-20-7-8-20/h1-6,9-17,20,35H,7-8H2,(H,33,34)(H2,31,36,37). The second kappa shape index (κ2) is 10.8. The number of primary sulfonamides is 1. The minimum atomic E-state index is -4.19. The molecule has 214 valence electrons. The molecule has 3 aromatic carbocycles. The Morgan fingerprint density at radius 3 is 2.36 bits per heavy atom. The lowest BCUT2D eigenvalue weighted by Gasteiger charge is -2.17. The summed E-state index contributed by atoms with van der Waals surface area (Å²) in [6.07, 6.45) is 4.40. The first-order valence-corrected chi connectivity index (χ1v) is 15.8. The maximum atomic E-state index is 13.4. The Morgan fingerprint density at radius 2 is 1.67 bits per heavy atom. The molecule has 0 saturated heterocycles. The number of nitrogens with one attached hydrogen (secondary N) is 2. The van der Waals surface area contributed by atoms with E-state index < -0.39 is 25.9 Å². The maximum Gasteiger partial charge on any atom is 0.244 e. The summed E-state index contributed by atoms with van der Waals surface area (Å²) in [5.74, 6) is -0.138. The molecule has 0 bridgehead atoms. The van der Waals surface area contributed by atoms with Gasteiger partial charge < -0.3 is 10.1 Å². The Labute approximate surface area is 241 Å². The zero-order valence-corrected chi connectivity index (χ0v) is 23.5. The number of benzene rings is 3. The lowest BCUT2D eigenvalue weighted by atomic mass is 10.1. The van der Waals surface area contributed by atoms with Crippen LogP contribution in [0, 0.1) is 5.82 Å². The van der Waals surface area contributed by atoms with Crippen LogP contribution in [0.25, 0.3) is 22.2 Å². The Morgan fingerprint density at radius 1 is 0.881 bits per heavy atom. The summed E-state index contributed by atoms with van der Waals surface area (Å²) in [4.78, 5) is 8.42. The molecular weight excluding hydrogens is 581 g/mol. The number of rotatable bonds is 9. The van der Waals surface area contributed by atoms with E-state index in [1.165, 1.54) is 48.7 Å². The average Bonchev–Trinajstić information content (AvgIpc) is 3.77. The van der Waals surface area contributed by atoms with Gasteiger partial charge in [0, 0.05) is 47.2 Å². The fourth-order valence-electron chi connectivity index (χ4n) is 4.34. The normalized spacial score (nSPS) is 13.7. The highest BCUT2D eigenvalue weighted by molar-refractivity contribution is 7.89. The van der Waals surface area contributed by atoms with Gasteiger partial charge in [-0.25, -0.2) is 31.1 Å². The summed E-state index contributed by atoms with van der Waals surface area (Å²) < 4.78 is 73.4. The van der Waals surface area contributed by atoms with Crippen molar-refractivity contribution in [3.05, 3.63) is 97.1 Å². The van der Waals surface area contributed by atoms with Gasteiger partial charge in [-0.1, -0.05) is 12.1 Å². The lowest BCUT2D eigenvalue weighted by molar-refractivity contribution is 0.479. The molecule has 4 N–H and O–H groups in total. The van der Waals surface area contributed by atoms with Crippen LogP contribution in [0.3, 0.4) is 0 Å². The number of aromatic nitrogens is 2. The molecule has 0 aliphatic heterocycles. The topological polar surface area (TPSA) is 153 Å². The molecule has 0 amide bonds. The molecule has 0 radical (unpaired) electrons. The van der Waals surface area contributed by atoms with Crippen LogP contribution < -0.4 is 19.9 Å². The second-order valence-corrected chi connectivity index (χ2v) is 13.0. The van der Waals surface area contributed by atoms with Crippen molar-refractivity contribution in [2.45, 2.75) is 28.7 Å². The summed E-state index contributed by atoms with van der Waals surface area (Å²) in [7, 11) is -8.19. The van der Waals surface area contributed by atoms with Crippen molar-refractivity contribution in [2.75, 3.05) is 5.32 Å². The van der Waals surface area contributed by atoms with Gasteiger partial charge in [0.15, 0.2) is 0 Å². The van der Waals surface area contributed by atoms with E-state index in [1.807, 2.05) is 12.1 Å². The number of halogens is 1. The molecule has 1 fully saturated rings. The third-order valence-corrected chi connectivity index (χ3v) is 8.94. The van der Waals surface area contributed by atoms with Crippen LogP contribution in [0.15, 0.2) is 101 Å². The summed E-state index contributed by atoms with van der Waals surface area (Å²) in [6, 6.07) is 19.8. The molecule has 13 heteroatoms. The van der Waals surface area contributed by atoms with E-state index in [-0.39, 0.29) is 38.7 Å². The molecule has 42 heavy (non-hydrogen) atoms. The first-order chi connectivity index (χ1) is 20.0. The number of ether oxygens (including phenoxy) is 1. The molecule has 0 unspecified atom stereocenters. The third kappa shape index (κ3) is 6.09. The van der Waals surface area contributed by atoms with Crippen LogP contribution in [0.1, 0.15) is 12.8 Å². The molecule has 2 aromatic heterocycles. The van der Waals surface area contributed by atoms with Crippen LogP contribution in [0.4, 0.5) is 15.8 Å². The third-order valence-electron chi connectivity index (χ3n) is 6.51. The van der Waals surface area contributed by atoms with Gasteiger partial charge in [-0.2, -0.15) is 0 Å². The smallest absolute Gasteiger partial charge is 0.244 e. The van der Waals surface area contributed by atoms with E-state index in [0.29, 0.717) is 16.6 Å². The first kappa shape index (κ1) is 27.7. The summed E-state index contributed by atoms with van der Waals surface area (Å²) in [5.41, 5.74) is 2.34. The van der Waals surface area contributed by atoms with Gasteiger partial charge in [0.05, 0.1) is 21.8 Å². The molecule has 1 aliphatic carbocycles. The molecule has 10 nitrogen and oxygen atoms in total. The second-order valence-electron chi connectivity index (χ2n) is 9.76. The number of hydrogen-bond donors (Lipinski definition) is 3. The van der Waals surface area contributed by atoms with Crippen molar-refractivity contribution in [2.24, 2.45) is 5.14 Å². The van der Waals surface area contributed by atoms with Gasteiger partial charge in [0.25, 0.3) is 0 Å². The van der Waals surface area contributed by atoms with E-state index in [9.17, 15) is 21.2 Å². The predicted molar refractivity (Wildman–Crippen MR) is 156 cm³/mol. The molecule has 1 saturated carbocycles. The summed E-state index contributed by atoms with van der Waals surface area (Å²) in [6.45, 7) is 0. The largest absolute Gasteiger partial charge is 0.457 e. The SMILES string of the molecule is NS(=O)(=O)c1cc(Nc2c(S(=O)(=O)NC3CC3)cnc3cc(-c4ccccn4)ccc23)cc(Oc2ccc(F)cc2)c1. The zero-order valence-electron chi connectivity index (χ0n) is 21.9. The van der Waals surface area contributed by atoms with Crippen molar-refractivity contribution in [3.63, 3.8) is 0 Å². The highest BCUT2D eigenvalue weighted by Crippen LogP contribution is 2.37. The Kier molecular flexibility index (Phi) is 7.10. The number of pyridine rings is 2. The number of nitrogens with two attached hydrogens (primary N) is 1. The monoisotopic (exact) mass is 605 g/mol. The molecule has 6 rings (SSSR count). The predicted octanol–water partition coefficient (Wildman–Crippen LogP) is 5.06. The van der Waals surface area contributed by atoms with Crippen LogP contribution in [-0.2, 0) is 20.0 Å². The van der Waals surface area contributed by atoms with E-state index >= 15 is 0 Å². The Hall–Kier alpha value is -4.43. The molecule has 5 aromatic rings. The first-order valence-electron chi connectivity index (χ1n) is 12.8. The van der Waals surface area contributed by atoms with Crippen LogP contribution in [-0.4, -0.2) is 32.8 Å². The Bertz CT molecular complexity index is 2020. The molecular formula is C29H24FN5O5S2. The van der Waals surface area contributed by atoms with E-state index in [0.717, 1.165) is 18.4 Å². The number of nitrogens with zero attached hydrogens (tertiary/aromatic N) is 2. The van der Waals surface area contributed by atoms with Crippen molar-refractivity contribution in [1.82, 2.24) is 14.7 Å². The zero-order chi connectivity index (χ0) is 29.5. The highest BCUT2D eigenvalue weighted by Gasteiger charge is 2.30. The number of hydrogen-bond acceptors (Lipinski definition) is 8.